The van der Waals surface area contributed by atoms with Crippen molar-refractivity contribution in [1.29, 1.82) is 0 Å². The molecule has 2 N–H and O–H groups in total. The van der Waals surface area contributed by atoms with Gasteiger partial charge in [0, 0.05) is 25.2 Å². The molecule has 1 aromatic rings. The van der Waals surface area contributed by atoms with E-state index in [0.29, 0.717) is 12.8 Å². The molecule has 0 saturated heterocycles. The van der Waals surface area contributed by atoms with Gasteiger partial charge >= 0.3 is 0 Å². The van der Waals surface area contributed by atoms with Crippen molar-refractivity contribution in [2.24, 2.45) is 5.73 Å². The minimum atomic E-state index is -3.89. The minimum absolute atomic E-state index is 0.0107. The maximum absolute atomic E-state index is 12.5. The van der Waals surface area contributed by atoms with Crippen molar-refractivity contribution in [3.8, 4) is 0 Å². The number of nitro groups is 1. The van der Waals surface area contributed by atoms with Crippen molar-refractivity contribution < 1.29 is 13.3 Å². The van der Waals surface area contributed by atoms with E-state index in [1.54, 1.807) is 0 Å². The molecule has 1 aromatic carbocycles. The number of rotatable bonds is 4. The molecule has 0 radical (unpaired) electrons. The van der Waals surface area contributed by atoms with Crippen LogP contribution in [0, 0.1) is 10.1 Å². The van der Waals surface area contributed by atoms with E-state index in [9.17, 15) is 18.5 Å². The molecule has 8 heteroatoms. The predicted molar refractivity (Wildman–Crippen MR) is 73.7 cm³/mol. The van der Waals surface area contributed by atoms with Crippen molar-refractivity contribution in [3.63, 3.8) is 0 Å². The first-order chi connectivity index (χ1) is 9.34. The van der Waals surface area contributed by atoms with Gasteiger partial charge in [0.2, 0.25) is 10.0 Å². The molecule has 1 fully saturated rings. The Labute approximate surface area is 117 Å². The Morgan fingerprint density at radius 2 is 2.00 bits per heavy atom. The Balaban J connectivity index is 2.38. The van der Waals surface area contributed by atoms with E-state index in [-0.39, 0.29) is 17.0 Å². The summed E-state index contributed by atoms with van der Waals surface area (Å²) in [6.07, 6.45) is 2.02. The second-order valence-electron chi connectivity index (χ2n) is 4.97. The normalized spacial score (nSPS) is 23.1. The lowest BCUT2D eigenvalue weighted by Crippen LogP contribution is -2.36. The Morgan fingerprint density at radius 1 is 1.35 bits per heavy atom. The second-order valence-corrected chi connectivity index (χ2v) is 6.94. The lowest BCUT2D eigenvalue weighted by molar-refractivity contribution is -0.387. The van der Waals surface area contributed by atoms with E-state index in [1.165, 1.54) is 35.6 Å². The van der Waals surface area contributed by atoms with Gasteiger partial charge in [0.1, 0.15) is 0 Å². The highest BCUT2D eigenvalue weighted by Gasteiger charge is 2.36. The number of nitro benzene ring substituents is 1. The highest BCUT2D eigenvalue weighted by molar-refractivity contribution is 7.89. The third-order valence-electron chi connectivity index (χ3n) is 3.68. The first-order valence-corrected chi connectivity index (χ1v) is 7.75. The smallest absolute Gasteiger partial charge is 0.289 e. The Bertz CT molecular complexity index is 617. The fourth-order valence-electron chi connectivity index (χ4n) is 2.50. The minimum Gasteiger partial charge on any atom is -0.328 e. The van der Waals surface area contributed by atoms with Gasteiger partial charge in [-0.3, -0.25) is 10.1 Å². The lowest BCUT2D eigenvalue weighted by atomic mass is 10.2. The first-order valence-electron chi connectivity index (χ1n) is 6.31. The van der Waals surface area contributed by atoms with Crippen LogP contribution < -0.4 is 5.73 Å². The van der Waals surface area contributed by atoms with E-state index in [4.69, 9.17) is 5.73 Å². The van der Waals surface area contributed by atoms with Gasteiger partial charge in [0.05, 0.1) is 4.92 Å². The van der Waals surface area contributed by atoms with Crippen molar-refractivity contribution in [2.75, 3.05) is 7.05 Å². The van der Waals surface area contributed by atoms with Crippen LogP contribution in [0.4, 0.5) is 5.69 Å². The summed E-state index contributed by atoms with van der Waals surface area (Å²) in [5.74, 6) is 0. The summed E-state index contributed by atoms with van der Waals surface area (Å²) in [6.45, 7) is 0. The third-order valence-corrected chi connectivity index (χ3v) is 5.64. The summed E-state index contributed by atoms with van der Waals surface area (Å²) >= 11 is 0. The fraction of sp³-hybridized carbons (Fsp3) is 0.500. The summed E-state index contributed by atoms with van der Waals surface area (Å²) in [7, 11) is -2.43. The Hall–Kier alpha value is -1.51. The summed E-state index contributed by atoms with van der Waals surface area (Å²) in [5.41, 5.74) is 5.39. The molecular weight excluding hydrogens is 282 g/mol. The van der Waals surface area contributed by atoms with Gasteiger partial charge in [-0.2, -0.15) is 4.31 Å². The van der Waals surface area contributed by atoms with E-state index in [2.05, 4.69) is 0 Å². The van der Waals surface area contributed by atoms with Gasteiger partial charge in [-0.1, -0.05) is 12.1 Å². The summed E-state index contributed by atoms with van der Waals surface area (Å²) in [4.78, 5) is 10.0. The maximum Gasteiger partial charge on any atom is 0.289 e. The topological polar surface area (TPSA) is 107 Å². The highest BCUT2D eigenvalue weighted by Crippen LogP contribution is 2.30. The number of sulfonamides is 1. The molecule has 0 bridgehead atoms. The molecule has 1 aliphatic carbocycles. The lowest BCUT2D eigenvalue weighted by Gasteiger charge is -2.23. The average Bonchev–Trinajstić information content (AvgIpc) is 2.84. The van der Waals surface area contributed by atoms with Gasteiger partial charge in [-0.15, -0.1) is 0 Å². The van der Waals surface area contributed by atoms with Gasteiger partial charge in [-0.25, -0.2) is 8.42 Å². The molecule has 110 valence electrons. The number of benzene rings is 1. The van der Waals surface area contributed by atoms with Crippen molar-refractivity contribution in [2.45, 2.75) is 36.2 Å². The Kier molecular flexibility index (Phi) is 4.07. The number of para-hydroxylation sites is 1. The van der Waals surface area contributed by atoms with Crippen LogP contribution in [-0.2, 0) is 10.0 Å². The van der Waals surface area contributed by atoms with Crippen LogP contribution in [0.1, 0.15) is 19.3 Å². The van der Waals surface area contributed by atoms with Crippen molar-refractivity contribution in [1.82, 2.24) is 4.31 Å². The quantitative estimate of drug-likeness (QED) is 0.661. The van der Waals surface area contributed by atoms with Crippen molar-refractivity contribution >= 4 is 15.7 Å². The first kappa shape index (κ1) is 14.9. The van der Waals surface area contributed by atoms with Gasteiger partial charge in [0.25, 0.3) is 5.69 Å². The largest absolute Gasteiger partial charge is 0.328 e. The molecule has 2 rings (SSSR count). The van der Waals surface area contributed by atoms with E-state index in [1.807, 2.05) is 0 Å². The maximum atomic E-state index is 12.5. The average molecular weight is 299 g/mol. The van der Waals surface area contributed by atoms with Gasteiger partial charge < -0.3 is 5.73 Å². The highest BCUT2D eigenvalue weighted by atomic mass is 32.2. The van der Waals surface area contributed by atoms with Crippen LogP contribution in [0.25, 0.3) is 0 Å². The molecule has 0 spiro atoms. The number of hydrogen-bond donors (Lipinski definition) is 1. The van der Waals surface area contributed by atoms with Crippen LogP contribution >= 0.6 is 0 Å². The van der Waals surface area contributed by atoms with E-state index < -0.39 is 20.6 Å². The molecule has 0 amide bonds. The molecule has 2 atom stereocenters. The monoisotopic (exact) mass is 299 g/mol. The molecule has 1 aliphatic rings. The summed E-state index contributed by atoms with van der Waals surface area (Å²) < 4.78 is 26.3. The standard InChI is InChI=1S/C12H17N3O4S/c1-14(10-7-6-9(13)8-10)20(18,19)12-5-3-2-4-11(12)15(16)17/h2-5,9-10H,6-8,13H2,1H3/t9-,10+/m0/s1. The number of hydrogen-bond acceptors (Lipinski definition) is 5. The molecule has 0 unspecified atom stereocenters. The molecule has 0 aromatic heterocycles. The molecule has 20 heavy (non-hydrogen) atoms. The number of nitrogens with zero attached hydrogens (tertiary/aromatic N) is 2. The van der Waals surface area contributed by atoms with Gasteiger partial charge in [-0.05, 0) is 25.3 Å². The second kappa shape index (κ2) is 5.47. The van der Waals surface area contributed by atoms with Crippen LogP contribution in [0.5, 0.6) is 0 Å². The van der Waals surface area contributed by atoms with E-state index in [0.717, 1.165) is 6.42 Å². The zero-order chi connectivity index (χ0) is 14.9. The van der Waals surface area contributed by atoms with Crippen LogP contribution in [0.15, 0.2) is 29.2 Å². The van der Waals surface area contributed by atoms with Gasteiger partial charge in [0.15, 0.2) is 4.90 Å². The number of nitrogens with two attached hydrogens (primary N) is 1. The predicted octanol–water partition coefficient (Wildman–Crippen LogP) is 1.10. The molecular formula is C12H17N3O4S. The SMILES string of the molecule is CN([C@@H]1CC[C@H](N)C1)S(=O)(=O)c1ccccc1[N+](=O)[O-]. The van der Waals surface area contributed by atoms with Crippen LogP contribution in [0.2, 0.25) is 0 Å². The Morgan fingerprint density at radius 3 is 2.55 bits per heavy atom. The van der Waals surface area contributed by atoms with E-state index >= 15 is 0 Å². The van der Waals surface area contributed by atoms with Crippen LogP contribution in [0.3, 0.4) is 0 Å². The molecule has 7 nitrogen and oxygen atoms in total. The zero-order valence-electron chi connectivity index (χ0n) is 11.1. The van der Waals surface area contributed by atoms with Crippen molar-refractivity contribution in [3.05, 3.63) is 34.4 Å². The summed E-state index contributed by atoms with van der Waals surface area (Å²) in [5, 5.41) is 11.0. The molecule has 1 saturated carbocycles. The molecule has 0 aliphatic heterocycles. The third kappa shape index (κ3) is 2.67. The molecule has 0 heterocycles. The summed E-state index contributed by atoms with van der Waals surface area (Å²) in [6, 6.07) is 5.18. The van der Waals surface area contributed by atoms with Crippen LogP contribution in [-0.4, -0.2) is 36.8 Å². The zero-order valence-corrected chi connectivity index (χ0v) is 11.9. The fourth-order valence-corrected chi connectivity index (χ4v) is 4.05.